The Morgan fingerprint density at radius 1 is 0.824 bits per heavy atom. The quantitative estimate of drug-likeness (QED) is 0.109. The average molecular weight is 483 g/mol. The van der Waals surface area contributed by atoms with Crippen molar-refractivity contribution in [1.82, 2.24) is 10.6 Å². The average Bonchev–Trinajstić information content (AvgIpc) is 2.83. The lowest BCUT2D eigenvalue weighted by atomic mass is 10.1. The molecule has 0 fully saturated rings. The summed E-state index contributed by atoms with van der Waals surface area (Å²) >= 11 is 0. The Labute approximate surface area is 207 Å². The molecule has 198 valence electrons. The molecule has 0 heterocycles. The second kappa shape index (κ2) is 24.1. The van der Waals surface area contributed by atoms with Crippen molar-refractivity contribution in [3.63, 3.8) is 0 Å². The van der Waals surface area contributed by atoms with Crippen LogP contribution in [0.5, 0.6) is 0 Å². The number of carbonyl (C=O) groups excluding carboxylic acids is 3. The topological polar surface area (TPSA) is 93.7 Å². The van der Waals surface area contributed by atoms with Gasteiger partial charge in [-0.3, -0.25) is 9.59 Å². The van der Waals surface area contributed by atoms with E-state index in [2.05, 4.69) is 22.3 Å². The number of rotatable bonds is 22. The van der Waals surface area contributed by atoms with E-state index in [0.29, 0.717) is 19.4 Å². The molecule has 0 spiro atoms. The Morgan fingerprint density at radius 3 is 1.97 bits per heavy atom. The maximum Gasteiger partial charge on any atom is 0.315 e. The van der Waals surface area contributed by atoms with Crippen LogP contribution in [0.3, 0.4) is 0 Å². The first-order valence-corrected chi connectivity index (χ1v) is 13.4. The molecule has 1 atom stereocenters. The SMILES string of the molecule is C/C=C/C[C@@H](CC(=O)OCCCC(=O)OC)NC(=O)NCCCCCCCCCCCCCC. The number of hydrogen-bond donors (Lipinski definition) is 2. The fraction of sp³-hybridized carbons (Fsp3) is 0.815. The van der Waals surface area contributed by atoms with Crippen LogP contribution in [-0.4, -0.2) is 44.3 Å². The summed E-state index contributed by atoms with van der Waals surface area (Å²) in [4.78, 5) is 35.4. The van der Waals surface area contributed by atoms with Crippen molar-refractivity contribution in [2.75, 3.05) is 20.3 Å². The Kier molecular flexibility index (Phi) is 22.6. The number of unbranched alkanes of at least 4 members (excludes halogenated alkanes) is 11. The second-order valence-electron chi connectivity index (χ2n) is 8.90. The molecule has 7 nitrogen and oxygen atoms in total. The van der Waals surface area contributed by atoms with Crippen LogP contribution in [0.2, 0.25) is 0 Å². The van der Waals surface area contributed by atoms with Crippen LogP contribution in [0.15, 0.2) is 12.2 Å². The molecule has 0 aliphatic carbocycles. The molecule has 0 radical (unpaired) electrons. The molecule has 34 heavy (non-hydrogen) atoms. The van der Waals surface area contributed by atoms with Crippen LogP contribution < -0.4 is 10.6 Å². The molecule has 2 N–H and O–H groups in total. The summed E-state index contributed by atoms with van der Waals surface area (Å²) in [6, 6.07) is -0.581. The van der Waals surface area contributed by atoms with Crippen LogP contribution >= 0.6 is 0 Å². The van der Waals surface area contributed by atoms with Gasteiger partial charge in [0.05, 0.1) is 20.1 Å². The van der Waals surface area contributed by atoms with Gasteiger partial charge in [-0.2, -0.15) is 0 Å². The van der Waals surface area contributed by atoms with Crippen LogP contribution in [-0.2, 0) is 19.1 Å². The molecule has 0 bridgehead atoms. The molecule has 0 aliphatic heterocycles. The molecule has 0 rings (SSSR count). The largest absolute Gasteiger partial charge is 0.469 e. The zero-order valence-corrected chi connectivity index (χ0v) is 22.0. The van der Waals surface area contributed by atoms with Crippen LogP contribution in [0.25, 0.3) is 0 Å². The van der Waals surface area contributed by atoms with Crippen molar-refractivity contribution in [2.24, 2.45) is 0 Å². The van der Waals surface area contributed by atoms with Gasteiger partial charge in [-0.1, -0.05) is 89.7 Å². The lowest BCUT2D eigenvalue weighted by Crippen LogP contribution is -2.43. The van der Waals surface area contributed by atoms with Crippen molar-refractivity contribution in [1.29, 1.82) is 0 Å². The van der Waals surface area contributed by atoms with Gasteiger partial charge >= 0.3 is 18.0 Å². The molecular weight excluding hydrogens is 432 g/mol. The van der Waals surface area contributed by atoms with E-state index >= 15 is 0 Å². The molecule has 0 aromatic rings. The van der Waals surface area contributed by atoms with Gasteiger partial charge < -0.3 is 20.1 Å². The van der Waals surface area contributed by atoms with E-state index in [1.165, 1.54) is 71.3 Å². The van der Waals surface area contributed by atoms with Gasteiger partial charge in [-0.25, -0.2) is 4.79 Å². The standard InChI is InChI=1S/C27H50N2O5/c1-4-6-8-9-10-11-12-13-14-15-16-17-21-28-27(32)29-24(19-7-5-2)23-26(31)34-22-18-20-25(30)33-3/h5,7,24H,4,6,8-23H2,1-3H3,(H2,28,29,32)/b7-5+/t24-/m0/s1. The third-order valence-electron chi connectivity index (χ3n) is 5.74. The summed E-state index contributed by atoms with van der Waals surface area (Å²) in [6.07, 6.45) is 20.5. The molecular formula is C27H50N2O5. The number of nitrogens with one attached hydrogen (secondary N) is 2. The number of urea groups is 1. The number of methoxy groups -OCH3 is 1. The predicted molar refractivity (Wildman–Crippen MR) is 138 cm³/mol. The number of allylic oxidation sites excluding steroid dienone is 1. The normalized spacial score (nSPS) is 11.9. The van der Waals surface area contributed by atoms with Gasteiger partial charge in [-0.05, 0) is 26.2 Å². The number of amides is 2. The van der Waals surface area contributed by atoms with Crippen molar-refractivity contribution in [3.05, 3.63) is 12.2 Å². The first-order valence-electron chi connectivity index (χ1n) is 13.4. The third kappa shape index (κ3) is 21.8. The summed E-state index contributed by atoms with van der Waals surface area (Å²) in [5.41, 5.74) is 0. The van der Waals surface area contributed by atoms with E-state index in [4.69, 9.17) is 4.74 Å². The Bertz CT molecular complexity index is 551. The smallest absolute Gasteiger partial charge is 0.315 e. The van der Waals surface area contributed by atoms with Gasteiger partial charge in [0.2, 0.25) is 0 Å². The lowest BCUT2D eigenvalue weighted by molar-refractivity contribution is -0.146. The minimum atomic E-state index is -0.388. The Balaban J connectivity index is 3.85. The van der Waals surface area contributed by atoms with Crippen LogP contribution in [0.4, 0.5) is 4.79 Å². The minimum absolute atomic E-state index is 0.0919. The summed E-state index contributed by atoms with van der Waals surface area (Å²) in [7, 11) is 1.33. The van der Waals surface area contributed by atoms with Gasteiger partial charge in [0.25, 0.3) is 0 Å². The van der Waals surface area contributed by atoms with E-state index in [1.807, 2.05) is 19.1 Å². The predicted octanol–water partition coefficient (Wildman–Crippen LogP) is 6.21. The fourth-order valence-electron chi connectivity index (χ4n) is 3.66. The number of esters is 2. The molecule has 0 unspecified atom stereocenters. The third-order valence-corrected chi connectivity index (χ3v) is 5.74. The Morgan fingerprint density at radius 2 is 1.41 bits per heavy atom. The maximum atomic E-state index is 12.2. The maximum absolute atomic E-state index is 12.2. The van der Waals surface area contributed by atoms with Gasteiger partial charge in [-0.15, -0.1) is 0 Å². The summed E-state index contributed by atoms with van der Waals surface area (Å²) in [5.74, 6) is -0.714. The summed E-state index contributed by atoms with van der Waals surface area (Å²) in [6.45, 7) is 4.95. The Hall–Kier alpha value is -2.05. The molecule has 2 amide bonds. The van der Waals surface area contributed by atoms with Crippen molar-refractivity contribution >= 4 is 18.0 Å². The van der Waals surface area contributed by atoms with E-state index in [-0.39, 0.29) is 43.5 Å². The lowest BCUT2D eigenvalue weighted by Gasteiger charge is -2.17. The zero-order chi connectivity index (χ0) is 25.3. The highest BCUT2D eigenvalue weighted by molar-refractivity contribution is 5.76. The number of carbonyl (C=O) groups is 3. The first kappa shape index (κ1) is 31.9. The van der Waals surface area contributed by atoms with E-state index in [0.717, 1.165) is 12.8 Å². The number of ether oxygens (including phenoxy) is 2. The molecule has 0 aliphatic rings. The minimum Gasteiger partial charge on any atom is -0.469 e. The van der Waals surface area contributed by atoms with E-state index < -0.39 is 0 Å². The van der Waals surface area contributed by atoms with Crippen LogP contribution in [0.1, 0.15) is 117 Å². The zero-order valence-electron chi connectivity index (χ0n) is 22.0. The highest BCUT2D eigenvalue weighted by Crippen LogP contribution is 2.11. The van der Waals surface area contributed by atoms with Crippen molar-refractivity contribution < 1.29 is 23.9 Å². The van der Waals surface area contributed by atoms with Gasteiger partial charge in [0, 0.05) is 19.0 Å². The van der Waals surface area contributed by atoms with Crippen molar-refractivity contribution in [2.45, 2.75) is 123 Å². The van der Waals surface area contributed by atoms with E-state index in [1.54, 1.807) is 0 Å². The molecule has 0 saturated heterocycles. The fourth-order valence-corrected chi connectivity index (χ4v) is 3.66. The molecule has 0 aromatic heterocycles. The van der Waals surface area contributed by atoms with Crippen LogP contribution in [0, 0.1) is 0 Å². The summed E-state index contributed by atoms with van der Waals surface area (Å²) in [5, 5.41) is 5.76. The van der Waals surface area contributed by atoms with Gasteiger partial charge in [0.15, 0.2) is 0 Å². The van der Waals surface area contributed by atoms with Crippen molar-refractivity contribution in [3.8, 4) is 0 Å². The van der Waals surface area contributed by atoms with E-state index in [9.17, 15) is 14.4 Å². The first-order chi connectivity index (χ1) is 16.5. The molecule has 0 aromatic carbocycles. The summed E-state index contributed by atoms with van der Waals surface area (Å²) < 4.78 is 9.72. The number of hydrogen-bond acceptors (Lipinski definition) is 5. The molecule has 7 heteroatoms. The second-order valence-corrected chi connectivity index (χ2v) is 8.90. The highest BCUT2D eigenvalue weighted by Gasteiger charge is 2.16. The molecule has 0 saturated carbocycles. The highest BCUT2D eigenvalue weighted by atomic mass is 16.5. The van der Waals surface area contributed by atoms with Gasteiger partial charge in [0.1, 0.15) is 0 Å². The monoisotopic (exact) mass is 482 g/mol.